The summed E-state index contributed by atoms with van der Waals surface area (Å²) in [5.74, 6) is 0.571. The normalized spacial score (nSPS) is 11.6. The number of rotatable bonds is 5. The van der Waals surface area contributed by atoms with Gasteiger partial charge < -0.3 is 18.8 Å². The monoisotopic (exact) mass is 823 g/mol. The minimum absolute atomic E-state index is 0. The number of hydrogen-bond donors (Lipinski definition) is 0. The van der Waals surface area contributed by atoms with Crippen molar-refractivity contribution in [1.82, 2.24) is 9.97 Å². The number of nitrogens with zero attached hydrogens (tertiary/aromatic N) is 2. The summed E-state index contributed by atoms with van der Waals surface area (Å²) in [4.78, 5) is 9.28. The van der Waals surface area contributed by atoms with Crippen LogP contribution in [-0.2, 0) is 26.5 Å². The van der Waals surface area contributed by atoms with Crippen LogP contribution in [0.1, 0.15) is 25.0 Å². The van der Waals surface area contributed by atoms with Crippen molar-refractivity contribution in [2.75, 3.05) is 0 Å². The van der Waals surface area contributed by atoms with E-state index < -0.39 is 8.07 Å². The first-order valence-corrected chi connectivity index (χ1v) is 19.7. The summed E-state index contributed by atoms with van der Waals surface area (Å²) in [5, 5.41) is 5.67. The van der Waals surface area contributed by atoms with Gasteiger partial charge in [0.2, 0.25) is 0 Å². The summed E-state index contributed by atoms with van der Waals surface area (Å²) in [6.07, 6.45) is 4.98. The molecule has 0 unspecified atom stereocenters. The van der Waals surface area contributed by atoms with Gasteiger partial charge in [-0.2, -0.15) is 0 Å². The Morgan fingerprint density at radius 3 is 2.06 bits per heavy atom. The summed E-state index contributed by atoms with van der Waals surface area (Å²) in [6, 6.07) is 37.4. The third-order valence-corrected chi connectivity index (χ3v) is 10.6. The first-order chi connectivity index (χ1) is 22.7. The zero-order chi connectivity index (χ0) is 32.7. The predicted molar refractivity (Wildman–Crippen MR) is 198 cm³/mol. The fourth-order valence-electron chi connectivity index (χ4n) is 6.11. The quantitative estimate of drug-likeness (QED) is 0.128. The van der Waals surface area contributed by atoms with Crippen LogP contribution in [0.3, 0.4) is 0 Å². The number of benzene rings is 4. The Morgan fingerprint density at radius 2 is 1.42 bits per heavy atom. The van der Waals surface area contributed by atoms with Crippen LogP contribution in [0.5, 0.6) is 0 Å². The number of furan rings is 2. The Hall–Kier alpha value is -4.35. The molecule has 0 fully saturated rings. The summed E-state index contributed by atoms with van der Waals surface area (Å²) < 4.78 is 12.6. The first-order valence-electron chi connectivity index (χ1n) is 16.2. The molecular formula is C42H38IrN2O2Si-2. The molecule has 0 aliphatic carbocycles. The van der Waals surface area contributed by atoms with Crippen molar-refractivity contribution in [3.05, 3.63) is 127 Å². The van der Waals surface area contributed by atoms with Crippen molar-refractivity contribution in [1.29, 1.82) is 0 Å². The van der Waals surface area contributed by atoms with Crippen LogP contribution < -0.4 is 5.19 Å². The minimum atomic E-state index is -1.23. The van der Waals surface area contributed by atoms with Crippen LogP contribution in [0.2, 0.25) is 19.6 Å². The van der Waals surface area contributed by atoms with Gasteiger partial charge in [0.05, 0.1) is 19.2 Å². The van der Waals surface area contributed by atoms with Crippen LogP contribution in [0.4, 0.5) is 0 Å². The largest absolute Gasteiger partial charge is 0.501 e. The van der Waals surface area contributed by atoms with Gasteiger partial charge in [-0.05, 0) is 69.7 Å². The minimum Gasteiger partial charge on any atom is -0.501 e. The maximum atomic E-state index is 6.40. The standard InChI is InChI=1S/C28H22NO2.C14H16NSi.Ir/c1-16(2)12-18-13-22(29-15-17(18)3)21-14-25-26(19-8-4-6-10-23(19)30-25)27-20-9-5-7-11-24(20)31-28(21)27;1-16(2,3)13-9-10-14(15-11-13)12-7-5-4-6-8-12;/h4-11,13,15-16H,12H2,1-3H3;4-7,9-11H,1-3H3;/q2*-1;. The second-order valence-corrected chi connectivity index (χ2v) is 18.7. The van der Waals surface area contributed by atoms with Crippen molar-refractivity contribution in [3.8, 4) is 22.5 Å². The van der Waals surface area contributed by atoms with Gasteiger partial charge in [-0.3, -0.25) is 0 Å². The second-order valence-electron chi connectivity index (χ2n) is 13.7. The molecule has 4 nitrogen and oxygen atoms in total. The van der Waals surface area contributed by atoms with Gasteiger partial charge in [0.25, 0.3) is 0 Å². The summed E-state index contributed by atoms with van der Waals surface area (Å²) >= 11 is 0. The van der Waals surface area contributed by atoms with Crippen LogP contribution in [0.15, 0.2) is 112 Å². The van der Waals surface area contributed by atoms with Crippen LogP contribution in [-0.4, -0.2) is 18.0 Å². The molecule has 243 valence electrons. The van der Waals surface area contributed by atoms with E-state index in [9.17, 15) is 0 Å². The maximum absolute atomic E-state index is 6.40. The molecule has 0 aliphatic heterocycles. The molecule has 0 amide bonds. The molecule has 0 aliphatic rings. The van der Waals surface area contributed by atoms with Gasteiger partial charge in [-0.25, -0.2) is 0 Å². The third kappa shape index (κ3) is 6.53. The van der Waals surface area contributed by atoms with E-state index in [1.807, 2.05) is 73.1 Å². The van der Waals surface area contributed by atoms with Gasteiger partial charge in [0.15, 0.2) is 0 Å². The van der Waals surface area contributed by atoms with Crippen molar-refractivity contribution in [2.45, 2.75) is 46.8 Å². The maximum Gasteiger partial charge on any atom is 0.123 e. The molecule has 4 aromatic carbocycles. The molecule has 0 atom stereocenters. The fraction of sp³-hybridized carbons (Fsp3) is 0.190. The van der Waals surface area contributed by atoms with Gasteiger partial charge in [-0.15, -0.1) is 35.9 Å². The summed E-state index contributed by atoms with van der Waals surface area (Å²) in [7, 11) is -1.23. The average Bonchev–Trinajstić information content (AvgIpc) is 3.64. The van der Waals surface area contributed by atoms with E-state index in [0.717, 1.165) is 72.8 Å². The smallest absolute Gasteiger partial charge is 0.123 e. The number of hydrogen-bond acceptors (Lipinski definition) is 4. The van der Waals surface area contributed by atoms with E-state index in [1.165, 1.54) is 16.3 Å². The van der Waals surface area contributed by atoms with E-state index >= 15 is 0 Å². The van der Waals surface area contributed by atoms with Gasteiger partial charge in [-0.1, -0.05) is 105 Å². The van der Waals surface area contributed by atoms with Crippen LogP contribution in [0, 0.1) is 25.0 Å². The van der Waals surface area contributed by atoms with Gasteiger partial charge in [0, 0.05) is 37.9 Å². The average molecular weight is 823 g/mol. The molecule has 4 aromatic heterocycles. The van der Waals surface area contributed by atoms with E-state index in [1.54, 1.807) is 0 Å². The van der Waals surface area contributed by atoms with Crippen molar-refractivity contribution >= 4 is 57.1 Å². The Kier molecular flexibility index (Phi) is 9.53. The SMILES string of the molecule is C[Si](C)(C)c1ccc(-c2[c-]cccc2)nc1.Cc1cnc(-c2[c-]c3oc4ccccc4c3c3c2oc2ccccc23)cc1CC(C)C.[Ir]. The number of aryl methyl sites for hydroxylation is 1. The van der Waals surface area contributed by atoms with Crippen LogP contribution >= 0.6 is 0 Å². The Labute approximate surface area is 296 Å². The zero-order valence-electron chi connectivity index (χ0n) is 28.1. The van der Waals surface area contributed by atoms with Crippen molar-refractivity contribution < 1.29 is 28.9 Å². The molecule has 0 spiro atoms. The molecule has 0 bridgehead atoms. The second kappa shape index (κ2) is 13.6. The topological polar surface area (TPSA) is 52.1 Å². The molecule has 6 heteroatoms. The Bertz CT molecular complexity index is 2350. The number of pyridine rings is 2. The van der Waals surface area contributed by atoms with Crippen molar-refractivity contribution in [2.24, 2.45) is 5.92 Å². The number of para-hydroxylation sites is 2. The van der Waals surface area contributed by atoms with Gasteiger partial charge in [0.1, 0.15) is 11.2 Å². The van der Waals surface area contributed by atoms with Crippen LogP contribution in [0.25, 0.3) is 66.4 Å². The fourth-order valence-corrected chi connectivity index (χ4v) is 7.15. The van der Waals surface area contributed by atoms with Gasteiger partial charge >= 0.3 is 0 Å². The van der Waals surface area contributed by atoms with E-state index in [4.69, 9.17) is 13.8 Å². The Morgan fingerprint density at radius 1 is 0.750 bits per heavy atom. The molecule has 8 aromatic rings. The van der Waals surface area contributed by atoms with E-state index in [-0.39, 0.29) is 20.1 Å². The number of fused-ring (bicyclic) bond motifs is 7. The number of aromatic nitrogens is 2. The molecule has 0 saturated carbocycles. The molecule has 4 heterocycles. The first kappa shape index (κ1) is 33.5. The van der Waals surface area contributed by atoms with Crippen molar-refractivity contribution in [3.63, 3.8) is 0 Å². The summed E-state index contributed by atoms with van der Waals surface area (Å²) in [5.41, 5.74) is 9.57. The molecule has 8 rings (SSSR count). The Balaban J connectivity index is 0.000000201. The molecule has 48 heavy (non-hydrogen) atoms. The molecule has 1 radical (unpaired) electrons. The molecule has 0 saturated heterocycles. The van der Waals surface area contributed by atoms with E-state index in [0.29, 0.717) is 5.92 Å². The molecule has 0 N–H and O–H groups in total. The zero-order valence-corrected chi connectivity index (χ0v) is 31.5. The predicted octanol–water partition coefficient (Wildman–Crippen LogP) is 10.9. The third-order valence-electron chi connectivity index (χ3n) is 8.62. The van der Waals surface area contributed by atoms with E-state index in [2.05, 4.69) is 87.9 Å². The summed E-state index contributed by atoms with van der Waals surface area (Å²) in [6.45, 7) is 13.6. The molecular weight excluding hydrogens is 785 g/mol.